The van der Waals surface area contributed by atoms with Crippen LogP contribution < -0.4 is 11.1 Å². The number of halogens is 8. The molecule has 0 radical (unpaired) electrons. The lowest BCUT2D eigenvalue weighted by molar-refractivity contribution is -0.138. The standard InChI is InChI=1S/C15H8ClF3N2.C15H9F3N2O.C8H5ClN2O/c16-14-12-4-2-1-3-11(12)13(20-21-14)9-5-7-10(8-6-9)15(17,18)19;16-15(17,18)10-7-5-9(6-8-10)13-11-3-1-2-4-12(11)14(21)20-19-13;9-7-5-3-1-2-4-6(5)8(12)11-10-7/h1-8H;1-8H,(H,20,21);1-4H,(H,11,12). The lowest BCUT2D eigenvalue weighted by Crippen LogP contribution is -2.09. The summed E-state index contributed by atoms with van der Waals surface area (Å²) >= 11 is 11.7. The van der Waals surface area contributed by atoms with E-state index in [4.69, 9.17) is 23.2 Å². The first-order chi connectivity index (χ1) is 25.7. The van der Waals surface area contributed by atoms with Crippen molar-refractivity contribution in [3.8, 4) is 22.5 Å². The van der Waals surface area contributed by atoms with Crippen LogP contribution in [0.3, 0.4) is 0 Å². The second-order valence-corrected chi connectivity index (χ2v) is 12.1. The van der Waals surface area contributed by atoms with Gasteiger partial charge >= 0.3 is 12.4 Å². The van der Waals surface area contributed by atoms with Crippen molar-refractivity contribution in [1.29, 1.82) is 0 Å². The van der Waals surface area contributed by atoms with Crippen LogP contribution in [0.1, 0.15) is 11.1 Å². The number of H-pyrrole nitrogens is 2. The smallest absolute Gasteiger partial charge is 0.267 e. The Hall–Kier alpha value is -6.12. The number of nitrogens with one attached hydrogen (secondary N) is 2. The van der Waals surface area contributed by atoms with Gasteiger partial charge in [-0.05, 0) is 36.4 Å². The maximum Gasteiger partial charge on any atom is 0.416 e. The van der Waals surface area contributed by atoms with Gasteiger partial charge in [-0.3, -0.25) is 9.59 Å². The Balaban J connectivity index is 0.000000144. The summed E-state index contributed by atoms with van der Waals surface area (Å²) in [6, 6.07) is 30.6. The maximum atomic E-state index is 12.6. The van der Waals surface area contributed by atoms with Crippen molar-refractivity contribution < 1.29 is 26.3 Å². The molecule has 0 spiro atoms. The highest BCUT2D eigenvalue weighted by Crippen LogP contribution is 2.34. The summed E-state index contributed by atoms with van der Waals surface area (Å²) < 4.78 is 75.4. The lowest BCUT2D eigenvalue weighted by Gasteiger charge is -2.09. The zero-order chi connectivity index (χ0) is 38.6. The minimum atomic E-state index is -4.38. The highest BCUT2D eigenvalue weighted by Gasteiger charge is 2.31. The monoisotopic (exact) mass is 778 g/mol. The molecule has 54 heavy (non-hydrogen) atoms. The molecule has 3 heterocycles. The number of benzene rings is 5. The molecule has 272 valence electrons. The number of hydrogen-bond acceptors (Lipinski definition) is 6. The fourth-order valence-corrected chi connectivity index (χ4v) is 5.74. The zero-order valence-corrected chi connectivity index (χ0v) is 28.7. The fraction of sp³-hybridized carbons (Fsp3) is 0.0526. The molecule has 8 nitrogen and oxygen atoms in total. The summed E-state index contributed by atoms with van der Waals surface area (Å²) in [5, 5.41) is 24.4. The second-order valence-electron chi connectivity index (χ2n) is 11.4. The molecule has 0 atom stereocenters. The van der Waals surface area contributed by atoms with Crippen LogP contribution in [-0.2, 0) is 12.4 Å². The summed E-state index contributed by atoms with van der Waals surface area (Å²) in [5.74, 6) is 0. The van der Waals surface area contributed by atoms with Gasteiger partial charge in [0.1, 0.15) is 5.69 Å². The van der Waals surface area contributed by atoms with Crippen LogP contribution in [-0.4, -0.2) is 30.6 Å². The molecular weight excluding hydrogens is 757 g/mol. The van der Waals surface area contributed by atoms with Crippen LogP contribution in [0, 0.1) is 0 Å². The van der Waals surface area contributed by atoms with Crippen molar-refractivity contribution in [3.05, 3.63) is 163 Å². The van der Waals surface area contributed by atoms with E-state index in [0.29, 0.717) is 54.6 Å². The summed E-state index contributed by atoms with van der Waals surface area (Å²) in [4.78, 5) is 22.8. The van der Waals surface area contributed by atoms with E-state index in [9.17, 15) is 35.9 Å². The third-order valence-electron chi connectivity index (χ3n) is 7.96. The Morgan fingerprint density at radius 3 is 1.26 bits per heavy atom. The quantitative estimate of drug-likeness (QED) is 0.169. The van der Waals surface area contributed by atoms with E-state index in [1.807, 2.05) is 24.3 Å². The molecule has 0 fully saturated rings. The van der Waals surface area contributed by atoms with Crippen molar-refractivity contribution in [2.45, 2.75) is 12.4 Å². The van der Waals surface area contributed by atoms with Crippen LogP contribution >= 0.6 is 23.2 Å². The molecular formula is C38H22Cl2F6N6O2. The average Bonchev–Trinajstić information content (AvgIpc) is 3.17. The van der Waals surface area contributed by atoms with Crippen molar-refractivity contribution in [2.24, 2.45) is 0 Å². The number of fused-ring (bicyclic) bond motifs is 3. The summed E-state index contributed by atoms with van der Waals surface area (Å²) in [5.41, 5.74) is 0.0511. The molecule has 0 aliphatic heterocycles. The molecule has 0 bridgehead atoms. The molecule has 3 aromatic heterocycles. The average molecular weight is 780 g/mol. The van der Waals surface area contributed by atoms with E-state index in [0.717, 1.165) is 29.7 Å². The second kappa shape index (κ2) is 15.5. The number of hydrogen-bond donors (Lipinski definition) is 2. The molecule has 0 aliphatic rings. The number of nitrogens with zero attached hydrogens (tertiary/aromatic N) is 4. The molecule has 0 saturated carbocycles. The third-order valence-corrected chi connectivity index (χ3v) is 8.53. The number of rotatable bonds is 2. The third kappa shape index (κ3) is 8.24. The minimum absolute atomic E-state index is 0.213. The van der Waals surface area contributed by atoms with Crippen LogP contribution in [0.5, 0.6) is 0 Å². The predicted molar refractivity (Wildman–Crippen MR) is 195 cm³/mol. The van der Waals surface area contributed by atoms with Gasteiger partial charge in [-0.2, -0.15) is 36.5 Å². The van der Waals surface area contributed by atoms with Gasteiger partial charge in [0.05, 0.1) is 27.6 Å². The van der Waals surface area contributed by atoms with Crippen molar-refractivity contribution in [2.75, 3.05) is 0 Å². The van der Waals surface area contributed by atoms with Gasteiger partial charge in [-0.25, -0.2) is 10.2 Å². The van der Waals surface area contributed by atoms with Gasteiger partial charge in [-0.15, -0.1) is 10.2 Å². The van der Waals surface area contributed by atoms with Crippen molar-refractivity contribution in [1.82, 2.24) is 30.6 Å². The van der Waals surface area contributed by atoms with Gasteiger partial charge in [-0.1, -0.05) is 108 Å². The maximum absolute atomic E-state index is 12.6. The van der Waals surface area contributed by atoms with E-state index >= 15 is 0 Å². The van der Waals surface area contributed by atoms with E-state index in [2.05, 4.69) is 30.6 Å². The first-order valence-corrected chi connectivity index (χ1v) is 16.3. The van der Waals surface area contributed by atoms with E-state index in [-0.39, 0.29) is 16.3 Å². The van der Waals surface area contributed by atoms with Crippen LogP contribution in [0.15, 0.2) is 131 Å². The molecule has 0 unspecified atom stereocenters. The number of aromatic amines is 2. The molecule has 0 amide bonds. The molecule has 8 aromatic rings. The van der Waals surface area contributed by atoms with Crippen LogP contribution in [0.2, 0.25) is 10.3 Å². The Labute approximate surface area is 310 Å². The SMILES string of the molecule is FC(F)(F)c1ccc(-c2nnc(Cl)c3ccccc23)cc1.O=c1[nH]nc(-c2ccc(C(F)(F)F)cc2)c2ccccc12.O=c1[nH]nc(Cl)c2ccccc12. The molecule has 8 rings (SSSR count). The summed E-state index contributed by atoms with van der Waals surface area (Å²) in [7, 11) is 0. The Kier molecular flexibility index (Phi) is 10.8. The Bertz CT molecular complexity index is 2720. The highest BCUT2D eigenvalue weighted by molar-refractivity contribution is 6.34. The van der Waals surface area contributed by atoms with Gasteiger partial charge < -0.3 is 0 Å². The van der Waals surface area contributed by atoms with Crippen LogP contribution in [0.4, 0.5) is 26.3 Å². The van der Waals surface area contributed by atoms with Gasteiger partial charge in [0.25, 0.3) is 11.1 Å². The van der Waals surface area contributed by atoms with E-state index in [1.165, 1.54) is 24.3 Å². The van der Waals surface area contributed by atoms with Gasteiger partial charge in [0, 0.05) is 32.7 Å². The summed E-state index contributed by atoms with van der Waals surface area (Å²) in [6.45, 7) is 0. The first-order valence-electron chi connectivity index (χ1n) is 15.6. The zero-order valence-electron chi connectivity index (χ0n) is 27.2. The summed E-state index contributed by atoms with van der Waals surface area (Å²) in [6.07, 6.45) is -8.73. The molecule has 2 N–H and O–H groups in total. The first kappa shape index (κ1) is 37.6. The fourth-order valence-electron chi connectivity index (χ4n) is 5.33. The van der Waals surface area contributed by atoms with Crippen molar-refractivity contribution in [3.63, 3.8) is 0 Å². The Morgan fingerprint density at radius 2 is 0.796 bits per heavy atom. The van der Waals surface area contributed by atoms with E-state index in [1.54, 1.807) is 48.5 Å². The number of aromatic nitrogens is 6. The predicted octanol–water partition coefficient (Wildman–Crippen LogP) is 10.2. The topological polar surface area (TPSA) is 117 Å². The lowest BCUT2D eigenvalue weighted by atomic mass is 10.0. The molecule has 0 aliphatic carbocycles. The Morgan fingerprint density at radius 1 is 0.426 bits per heavy atom. The molecule has 16 heteroatoms. The van der Waals surface area contributed by atoms with Gasteiger partial charge in [0.15, 0.2) is 10.3 Å². The van der Waals surface area contributed by atoms with Crippen LogP contribution in [0.25, 0.3) is 54.8 Å². The van der Waals surface area contributed by atoms with E-state index < -0.39 is 23.5 Å². The van der Waals surface area contributed by atoms with Gasteiger partial charge in [0.2, 0.25) is 0 Å². The molecule has 5 aromatic carbocycles. The highest BCUT2D eigenvalue weighted by atomic mass is 35.5. The minimum Gasteiger partial charge on any atom is -0.267 e. The molecule has 0 saturated heterocycles. The van der Waals surface area contributed by atoms with Crippen molar-refractivity contribution >= 4 is 55.5 Å². The number of alkyl halides is 6. The normalized spacial score (nSPS) is 11.5. The largest absolute Gasteiger partial charge is 0.416 e.